The first-order chi connectivity index (χ1) is 6.74. The average molecular weight is 258 g/mol. The first-order valence-electron chi connectivity index (χ1n) is 4.25. The van der Waals surface area contributed by atoms with E-state index in [1.807, 2.05) is 30.3 Å². The zero-order valence-corrected chi connectivity index (χ0v) is 9.45. The van der Waals surface area contributed by atoms with E-state index in [9.17, 15) is 4.79 Å². The molecule has 0 saturated heterocycles. The second kappa shape index (κ2) is 5.65. The second-order valence-electron chi connectivity index (χ2n) is 2.75. The van der Waals surface area contributed by atoms with Gasteiger partial charge in [0.2, 0.25) is 0 Å². The molecule has 0 spiro atoms. The predicted octanol–water partition coefficient (Wildman–Crippen LogP) is 2.48. The summed E-state index contributed by atoms with van der Waals surface area (Å²) in [5.74, 6) is 0. The molecule has 0 fully saturated rings. The van der Waals surface area contributed by atoms with Crippen LogP contribution in [0.15, 0.2) is 30.3 Å². The van der Waals surface area contributed by atoms with Gasteiger partial charge in [-0.1, -0.05) is 46.3 Å². The minimum absolute atomic E-state index is 0.114. The maximum Gasteiger partial charge on any atom is 0.406 e. The van der Waals surface area contributed by atoms with Gasteiger partial charge < -0.3 is 10.1 Å². The summed E-state index contributed by atoms with van der Waals surface area (Å²) >= 11 is 3.47. The van der Waals surface area contributed by atoms with Gasteiger partial charge in [0.05, 0.1) is 11.9 Å². The summed E-state index contributed by atoms with van der Waals surface area (Å²) in [5.41, 5.74) is 1.13. The van der Waals surface area contributed by atoms with Gasteiger partial charge in [0, 0.05) is 6.54 Å². The van der Waals surface area contributed by atoms with Crippen LogP contribution < -0.4 is 5.32 Å². The van der Waals surface area contributed by atoms with Gasteiger partial charge >= 0.3 is 6.09 Å². The van der Waals surface area contributed by atoms with Gasteiger partial charge in [-0.15, -0.1) is 0 Å². The standard InChI is InChI=1S/C10H12BrNO2/c1-14-10(13)12-7-9(11)8-5-3-2-4-6-8/h2-6,9H,7H2,1H3,(H,12,13). The number of hydrogen-bond donors (Lipinski definition) is 1. The summed E-state index contributed by atoms with van der Waals surface area (Å²) in [7, 11) is 1.35. The van der Waals surface area contributed by atoms with Crippen molar-refractivity contribution in [1.82, 2.24) is 5.32 Å². The van der Waals surface area contributed by atoms with Gasteiger partial charge in [0.25, 0.3) is 0 Å². The molecule has 0 aliphatic carbocycles. The van der Waals surface area contributed by atoms with Crippen molar-refractivity contribution in [2.24, 2.45) is 0 Å². The van der Waals surface area contributed by atoms with E-state index in [0.29, 0.717) is 6.54 Å². The fourth-order valence-corrected chi connectivity index (χ4v) is 1.49. The van der Waals surface area contributed by atoms with Crippen molar-refractivity contribution in [2.75, 3.05) is 13.7 Å². The highest BCUT2D eigenvalue weighted by atomic mass is 79.9. The Morgan fingerprint density at radius 3 is 2.71 bits per heavy atom. The number of hydrogen-bond acceptors (Lipinski definition) is 2. The van der Waals surface area contributed by atoms with Crippen molar-refractivity contribution < 1.29 is 9.53 Å². The van der Waals surface area contributed by atoms with E-state index in [-0.39, 0.29) is 4.83 Å². The molecule has 4 heteroatoms. The quantitative estimate of drug-likeness (QED) is 0.846. The fraction of sp³-hybridized carbons (Fsp3) is 0.300. The van der Waals surface area contributed by atoms with Gasteiger partial charge in [-0.3, -0.25) is 0 Å². The lowest BCUT2D eigenvalue weighted by molar-refractivity contribution is 0.171. The highest BCUT2D eigenvalue weighted by Crippen LogP contribution is 2.20. The van der Waals surface area contributed by atoms with E-state index in [4.69, 9.17) is 0 Å². The summed E-state index contributed by atoms with van der Waals surface area (Å²) in [6.07, 6.45) is -0.412. The number of ether oxygens (including phenoxy) is 1. The number of nitrogens with one attached hydrogen (secondary N) is 1. The molecule has 1 rings (SSSR count). The zero-order chi connectivity index (χ0) is 10.4. The molecule has 3 nitrogen and oxygen atoms in total. The van der Waals surface area contributed by atoms with Crippen molar-refractivity contribution in [2.45, 2.75) is 4.83 Å². The number of amides is 1. The van der Waals surface area contributed by atoms with E-state index in [0.717, 1.165) is 5.56 Å². The lowest BCUT2D eigenvalue weighted by Gasteiger charge is -2.10. The van der Waals surface area contributed by atoms with Crippen LogP contribution in [0.3, 0.4) is 0 Å². The van der Waals surface area contributed by atoms with Crippen LogP contribution in [0.1, 0.15) is 10.4 Å². The number of alkyl carbamates (subject to hydrolysis) is 1. The minimum Gasteiger partial charge on any atom is -0.453 e. The molecule has 0 radical (unpaired) electrons. The lowest BCUT2D eigenvalue weighted by atomic mass is 10.1. The maximum atomic E-state index is 10.8. The third-order valence-corrected chi connectivity index (χ3v) is 2.62. The lowest BCUT2D eigenvalue weighted by Crippen LogP contribution is -2.26. The van der Waals surface area contributed by atoms with Crippen LogP contribution in [0.25, 0.3) is 0 Å². The molecular weight excluding hydrogens is 246 g/mol. The zero-order valence-electron chi connectivity index (χ0n) is 7.87. The molecule has 14 heavy (non-hydrogen) atoms. The molecule has 1 atom stereocenters. The Hall–Kier alpha value is -1.03. The minimum atomic E-state index is -0.412. The Kier molecular flexibility index (Phi) is 4.46. The number of halogens is 1. The van der Waals surface area contributed by atoms with Gasteiger partial charge in [0.15, 0.2) is 0 Å². The number of carbonyl (C=O) groups excluding carboxylic acids is 1. The van der Waals surface area contributed by atoms with E-state index >= 15 is 0 Å². The fourth-order valence-electron chi connectivity index (χ4n) is 1.02. The van der Waals surface area contributed by atoms with Crippen molar-refractivity contribution in [3.63, 3.8) is 0 Å². The first kappa shape index (κ1) is 11.0. The van der Waals surface area contributed by atoms with Crippen LogP contribution >= 0.6 is 15.9 Å². The largest absolute Gasteiger partial charge is 0.453 e. The van der Waals surface area contributed by atoms with E-state index in [1.54, 1.807) is 0 Å². The van der Waals surface area contributed by atoms with Crippen LogP contribution in [0.2, 0.25) is 0 Å². The van der Waals surface area contributed by atoms with E-state index in [2.05, 4.69) is 26.0 Å². The molecule has 0 heterocycles. The van der Waals surface area contributed by atoms with Crippen molar-refractivity contribution >= 4 is 22.0 Å². The molecule has 0 aliphatic heterocycles. The Morgan fingerprint density at radius 2 is 2.14 bits per heavy atom. The number of carbonyl (C=O) groups is 1. The summed E-state index contributed by atoms with van der Waals surface area (Å²) in [6, 6.07) is 9.87. The summed E-state index contributed by atoms with van der Waals surface area (Å²) in [5, 5.41) is 2.62. The summed E-state index contributed by atoms with van der Waals surface area (Å²) in [6.45, 7) is 0.511. The third kappa shape index (κ3) is 3.38. The Bertz CT molecular complexity index is 289. The van der Waals surface area contributed by atoms with E-state index in [1.165, 1.54) is 7.11 Å². The highest BCUT2D eigenvalue weighted by molar-refractivity contribution is 9.09. The van der Waals surface area contributed by atoms with Gasteiger partial charge in [-0.25, -0.2) is 4.79 Å². The second-order valence-corrected chi connectivity index (χ2v) is 3.86. The Labute approximate surface area is 91.6 Å². The predicted molar refractivity (Wildman–Crippen MR) is 58.5 cm³/mol. The molecular formula is C10H12BrNO2. The molecule has 1 aromatic carbocycles. The SMILES string of the molecule is COC(=O)NCC(Br)c1ccccc1. The average Bonchev–Trinajstić information content (AvgIpc) is 2.26. The maximum absolute atomic E-state index is 10.8. The number of methoxy groups -OCH3 is 1. The molecule has 1 aromatic rings. The molecule has 0 bridgehead atoms. The van der Waals surface area contributed by atoms with Crippen LogP contribution in [0.5, 0.6) is 0 Å². The summed E-state index contributed by atoms with van der Waals surface area (Å²) < 4.78 is 4.47. The smallest absolute Gasteiger partial charge is 0.406 e. The van der Waals surface area contributed by atoms with Gasteiger partial charge in [-0.05, 0) is 5.56 Å². The normalized spacial score (nSPS) is 11.9. The first-order valence-corrected chi connectivity index (χ1v) is 5.16. The van der Waals surface area contributed by atoms with Crippen molar-refractivity contribution in [3.05, 3.63) is 35.9 Å². The molecule has 1 N–H and O–H groups in total. The third-order valence-electron chi connectivity index (χ3n) is 1.77. The number of benzene rings is 1. The van der Waals surface area contributed by atoms with Crippen LogP contribution in [0, 0.1) is 0 Å². The number of rotatable bonds is 3. The Morgan fingerprint density at radius 1 is 1.50 bits per heavy atom. The molecule has 0 aromatic heterocycles. The van der Waals surface area contributed by atoms with Crippen LogP contribution in [0.4, 0.5) is 4.79 Å². The van der Waals surface area contributed by atoms with Crippen LogP contribution in [-0.2, 0) is 4.74 Å². The Balaban J connectivity index is 2.43. The van der Waals surface area contributed by atoms with Crippen LogP contribution in [-0.4, -0.2) is 19.7 Å². The van der Waals surface area contributed by atoms with Gasteiger partial charge in [-0.2, -0.15) is 0 Å². The van der Waals surface area contributed by atoms with Gasteiger partial charge in [0.1, 0.15) is 0 Å². The molecule has 1 amide bonds. The molecule has 0 saturated carbocycles. The van der Waals surface area contributed by atoms with Crippen molar-refractivity contribution in [3.8, 4) is 0 Å². The highest BCUT2D eigenvalue weighted by Gasteiger charge is 2.08. The van der Waals surface area contributed by atoms with E-state index < -0.39 is 6.09 Å². The monoisotopic (exact) mass is 257 g/mol. The summed E-state index contributed by atoms with van der Waals surface area (Å²) in [4.78, 5) is 10.9. The van der Waals surface area contributed by atoms with Crippen molar-refractivity contribution in [1.29, 1.82) is 0 Å². The molecule has 76 valence electrons. The molecule has 1 unspecified atom stereocenters. The number of alkyl halides is 1. The topological polar surface area (TPSA) is 38.3 Å². The molecule has 0 aliphatic rings.